The molecule has 0 aliphatic rings. The van der Waals surface area contributed by atoms with Crippen molar-refractivity contribution in [2.45, 2.75) is 4.90 Å². The fourth-order valence-corrected chi connectivity index (χ4v) is 4.74. The molecule has 0 aliphatic carbocycles. The molecule has 8 nitrogen and oxygen atoms in total. The molecule has 0 saturated heterocycles. The molecule has 1 aromatic heterocycles. The number of sulfonamides is 1. The predicted octanol–water partition coefficient (Wildman–Crippen LogP) is 3.83. The van der Waals surface area contributed by atoms with Crippen molar-refractivity contribution in [2.75, 3.05) is 4.72 Å². The van der Waals surface area contributed by atoms with Crippen LogP contribution in [0.1, 0.15) is 20.7 Å². The number of amides is 2. The number of hydrogen-bond donors (Lipinski definition) is 3. The van der Waals surface area contributed by atoms with Gasteiger partial charge in [0.1, 0.15) is 0 Å². The maximum atomic E-state index is 12.6. The average molecular weight is 487 g/mol. The van der Waals surface area contributed by atoms with Gasteiger partial charge in [0.05, 0.1) is 20.6 Å². The molecule has 0 saturated carbocycles. The van der Waals surface area contributed by atoms with Crippen LogP contribution in [-0.2, 0) is 10.0 Å². The Hall–Kier alpha value is -3.47. The molecule has 4 aromatic rings. The molecule has 3 aromatic carbocycles. The molecular formula is C21H15ClN4O4S2. The number of benzene rings is 3. The Morgan fingerprint density at radius 3 is 2.28 bits per heavy atom. The summed E-state index contributed by atoms with van der Waals surface area (Å²) >= 11 is 7.21. The Bertz CT molecular complexity index is 1420. The summed E-state index contributed by atoms with van der Waals surface area (Å²) in [5.41, 5.74) is 7.81. The van der Waals surface area contributed by atoms with Gasteiger partial charge in [-0.05, 0) is 60.7 Å². The van der Waals surface area contributed by atoms with Gasteiger partial charge in [0.25, 0.3) is 21.8 Å². The topological polar surface area (TPSA) is 117 Å². The standard InChI is InChI=1S/C21H15ClN4O4S2/c22-15-5-7-16(8-6-15)26-32(29,30)17-3-1-2-13(10-17)20(27)24-25-21(28)14-4-9-18-19(11-14)31-12-23-18/h1-12,26H,(H,24,27)(H,25,28). The lowest BCUT2D eigenvalue weighted by molar-refractivity contribution is 0.0846. The summed E-state index contributed by atoms with van der Waals surface area (Å²) in [7, 11) is -3.94. The molecule has 2 amide bonds. The van der Waals surface area contributed by atoms with Crippen LogP contribution in [0, 0.1) is 0 Å². The van der Waals surface area contributed by atoms with E-state index in [1.165, 1.54) is 47.7 Å². The van der Waals surface area contributed by atoms with Gasteiger partial charge in [-0.25, -0.2) is 13.4 Å². The molecule has 0 radical (unpaired) electrons. The number of nitrogens with zero attached hydrogens (tertiary/aromatic N) is 1. The van der Waals surface area contributed by atoms with Crippen molar-refractivity contribution in [3.05, 3.63) is 88.4 Å². The van der Waals surface area contributed by atoms with Crippen LogP contribution in [0.15, 0.2) is 77.1 Å². The number of hydrazine groups is 1. The van der Waals surface area contributed by atoms with Gasteiger partial charge in [-0.15, -0.1) is 11.3 Å². The summed E-state index contributed by atoms with van der Waals surface area (Å²) < 4.78 is 28.6. The van der Waals surface area contributed by atoms with Crippen LogP contribution >= 0.6 is 22.9 Å². The second kappa shape index (κ2) is 8.95. The Morgan fingerprint density at radius 1 is 0.875 bits per heavy atom. The molecule has 11 heteroatoms. The first-order chi connectivity index (χ1) is 15.3. The number of anilines is 1. The lowest BCUT2D eigenvalue weighted by Gasteiger charge is -2.10. The molecule has 0 bridgehead atoms. The van der Waals surface area contributed by atoms with E-state index in [9.17, 15) is 18.0 Å². The zero-order valence-corrected chi connectivity index (χ0v) is 18.6. The van der Waals surface area contributed by atoms with Gasteiger partial charge in [-0.2, -0.15) is 0 Å². The molecular weight excluding hydrogens is 472 g/mol. The molecule has 0 aliphatic heterocycles. The van der Waals surface area contributed by atoms with E-state index in [1.807, 2.05) is 0 Å². The molecule has 162 valence electrons. The Morgan fingerprint density at radius 2 is 1.56 bits per heavy atom. The zero-order chi connectivity index (χ0) is 22.7. The summed E-state index contributed by atoms with van der Waals surface area (Å²) in [6.07, 6.45) is 0. The van der Waals surface area contributed by atoms with E-state index in [4.69, 9.17) is 11.6 Å². The predicted molar refractivity (Wildman–Crippen MR) is 123 cm³/mol. The van der Waals surface area contributed by atoms with Crippen molar-refractivity contribution in [1.82, 2.24) is 15.8 Å². The highest BCUT2D eigenvalue weighted by Gasteiger charge is 2.17. The van der Waals surface area contributed by atoms with Crippen molar-refractivity contribution in [1.29, 1.82) is 0 Å². The average Bonchev–Trinajstić information content (AvgIpc) is 3.26. The van der Waals surface area contributed by atoms with E-state index in [0.29, 0.717) is 16.3 Å². The van der Waals surface area contributed by atoms with E-state index in [-0.39, 0.29) is 10.5 Å². The third-order valence-corrected chi connectivity index (χ3v) is 6.81. The Kier molecular flexibility index (Phi) is 6.08. The highest BCUT2D eigenvalue weighted by atomic mass is 35.5. The van der Waals surface area contributed by atoms with E-state index in [1.54, 1.807) is 35.8 Å². The summed E-state index contributed by atoms with van der Waals surface area (Å²) in [5, 5.41) is 0.473. The third kappa shape index (κ3) is 4.88. The number of carbonyl (C=O) groups is 2. The number of rotatable bonds is 5. The van der Waals surface area contributed by atoms with E-state index < -0.39 is 21.8 Å². The van der Waals surface area contributed by atoms with Crippen molar-refractivity contribution >= 4 is 60.7 Å². The number of thiazole rings is 1. The molecule has 3 N–H and O–H groups in total. The number of carbonyl (C=O) groups excluding carboxylic acids is 2. The zero-order valence-electron chi connectivity index (χ0n) is 16.2. The van der Waals surface area contributed by atoms with Gasteiger partial charge < -0.3 is 0 Å². The summed E-state index contributed by atoms with van der Waals surface area (Å²) in [4.78, 5) is 28.8. The van der Waals surface area contributed by atoms with E-state index in [0.717, 1.165) is 10.2 Å². The maximum absolute atomic E-state index is 12.6. The largest absolute Gasteiger partial charge is 0.280 e. The van der Waals surface area contributed by atoms with Crippen molar-refractivity contribution in [3.8, 4) is 0 Å². The molecule has 0 atom stereocenters. The number of nitrogens with one attached hydrogen (secondary N) is 3. The molecule has 1 heterocycles. The van der Waals surface area contributed by atoms with Gasteiger partial charge in [0, 0.05) is 21.8 Å². The van der Waals surface area contributed by atoms with Crippen LogP contribution in [-0.4, -0.2) is 25.2 Å². The number of hydrogen-bond acceptors (Lipinski definition) is 6. The fraction of sp³-hybridized carbons (Fsp3) is 0. The summed E-state index contributed by atoms with van der Waals surface area (Å²) in [6.45, 7) is 0. The second-order valence-electron chi connectivity index (χ2n) is 6.58. The van der Waals surface area contributed by atoms with Crippen LogP contribution in [0.2, 0.25) is 5.02 Å². The van der Waals surface area contributed by atoms with E-state index in [2.05, 4.69) is 20.6 Å². The molecule has 0 spiro atoms. The Labute approximate surface area is 192 Å². The van der Waals surface area contributed by atoms with Gasteiger partial charge in [0.15, 0.2) is 0 Å². The van der Waals surface area contributed by atoms with Crippen LogP contribution < -0.4 is 15.6 Å². The van der Waals surface area contributed by atoms with Crippen LogP contribution in [0.25, 0.3) is 10.2 Å². The van der Waals surface area contributed by atoms with Gasteiger partial charge >= 0.3 is 0 Å². The molecule has 0 fully saturated rings. The monoisotopic (exact) mass is 486 g/mol. The first-order valence-corrected chi connectivity index (χ1v) is 11.9. The van der Waals surface area contributed by atoms with Crippen molar-refractivity contribution < 1.29 is 18.0 Å². The van der Waals surface area contributed by atoms with Crippen molar-refractivity contribution in [3.63, 3.8) is 0 Å². The van der Waals surface area contributed by atoms with Gasteiger partial charge in [-0.1, -0.05) is 17.7 Å². The summed E-state index contributed by atoms with van der Waals surface area (Å²) in [5.74, 6) is -1.18. The molecule has 4 rings (SSSR count). The Balaban J connectivity index is 1.44. The third-order valence-electron chi connectivity index (χ3n) is 4.39. The lowest BCUT2D eigenvalue weighted by Crippen LogP contribution is -2.41. The molecule has 0 unspecified atom stereocenters. The highest BCUT2D eigenvalue weighted by molar-refractivity contribution is 7.92. The highest BCUT2D eigenvalue weighted by Crippen LogP contribution is 2.20. The minimum Gasteiger partial charge on any atom is -0.280 e. The quantitative estimate of drug-likeness (QED) is 0.371. The number of aromatic nitrogens is 1. The van der Waals surface area contributed by atoms with E-state index >= 15 is 0 Å². The van der Waals surface area contributed by atoms with Gasteiger partial charge in [-0.3, -0.25) is 25.2 Å². The van der Waals surface area contributed by atoms with Crippen LogP contribution in [0.4, 0.5) is 5.69 Å². The second-order valence-corrected chi connectivity index (χ2v) is 9.59. The van der Waals surface area contributed by atoms with Crippen LogP contribution in [0.5, 0.6) is 0 Å². The van der Waals surface area contributed by atoms with Crippen molar-refractivity contribution in [2.24, 2.45) is 0 Å². The maximum Gasteiger partial charge on any atom is 0.269 e. The smallest absolute Gasteiger partial charge is 0.269 e. The first-order valence-electron chi connectivity index (χ1n) is 9.14. The minimum atomic E-state index is -3.94. The fourth-order valence-electron chi connectivity index (χ4n) is 2.79. The molecule has 32 heavy (non-hydrogen) atoms. The summed E-state index contributed by atoms with van der Waals surface area (Å²) in [6, 6.07) is 16.6. The van der Waals surface area contributed by atoms with Gasteiger partial charge in [0.2, 0.25) is 0 Å². The lowest BCUT2D eigenvalue weighted by atomic mass is 10.2. The number of fused-ring (bicyclic) bond motifs is 1. The SMILES string of the molecule is O=C(NNC(=O)c1ccc2ncsc2c1)c1cccc(S(=O)(=O)Nc2ccc(Cl)cc2)c1. The first kappa shape index (κ1) is 21.8. The minimum absolute atomic E-state index is 0.0576. The normalized spacial score (nSPS) is 11.2. The van der Waals surface area contributed by atoms with Crippen LogP contribution in [0.3, 0.4) is 0 Å². The number of halogens is 1.